The molecule has 0 bridgehead atoms. The van der Waals surface area contributed by atoms with E-state index < -0.39 is 12.2 Å². The third kappa shape index (κ3) is 2.62. The third-order valence-electron chi connectivity index (χ3n) is 3.13. The molecule has 96 valence electrons. The molecule has 2 N–H and O–H groups in total. The Kier molecular flexibility index (Phi) is 3.82. The minimum atomic E-state index is -0.682. The second-order valence-corrected chi connectivity index (χ2v) is 4.48. The van der Waals surface area contributed by atoms with Gasteiger partial charge in [-0.05, 0) is 17.7 Å². The molecule has 1 fully saturated rings. The quantitative estimate of drug-likeness (QED) is 0.793. The monoisotopic (exact) mass is 248 g/mol. The fourth-order valence-corrected chi connectivity index (χ4v) is 2.18. The Morgan fingerprint density at radius 2 is 2.06 bits per heavy atom. The molecule has 0 radical (unpaired) electrons. The van der Waals surface area contributed by atoms with Gasteiger partial charge < -0.3 is 14.9 Å². The van der Waals surface area contributed by atoms with Crippen LogP contribution >= 0.6 is 0 Å². The molecule has 1 aromatic rings. The van der Waals surface area contributed by atoms with Crippen molar-refractivity contribution < 1.29 is 14.9 Å². The molecule has 0 unspecified atom stereocenters. The van der Waals surface area contributed by atoms with Crippen LogP contribution in [-0.4, -0.2) is 47.5 Å². The maximum Gasteiger partial charge on any atom is 0.136 e. The number of nitrogens with zero attached hydrogens (tertiary/aromatic N) is 2. The van der Waals surface area contributed by atoms with E-state index in [4.69, 9.17) is 10.00 Å². The fraction of sp³-hybridized carbons (Fsp3) is 0.462. The summed E-state index contributed by atoms with van der Waals surface area (Å²) in [5.74, 6) is 0.558. The number of nitriles is 1. The predicted octanol–water partition coefficient (Wildman–Crippen LogP) is 0.104. The van der Waals surface area contributed by atoms with Gasteiger partial charge in [0.25, 0.3) is 0 Å². The zero-order chi connectivity index (χ0) is 13.1. The van der Waals surface area contributed by atoms with Gasteiger partial charge in [-0.15, -0.1) is 0 Å². The average Bonchev–Trinajstić information content (AvgIpc) is 2.68. The summed E-state index contributed by atoms with van der Waals surface area (Å²) in [5, 5.41) is 27.9. The second-order valence-electron chi connectivity index (χ2n) is 4.48. The first-order valence-corrected chi connectivity index (χ1v) is 5.79. The van der Waals surface area contributed by atoms with Crippen molar-refractivity contribution >= 4 is 0 Å². The Bertz CT molecular complexity index is 460. The van der Waals surface area contributed by atoms with Crippen LogP contribution in [0.25, 0.3) is 0 Å². The normalized spacial score (nSPS) is 23.9. The summed E-state index contributed by atoms with van der Waals surface area (Å²) in [7, 11) is 1.53. The lowest BCUT2D eigenvalue weighted by Gasteiger charge is -2.15. The summed E-state index contributed by atoms with van der Waals surface area (Å²) in [6.07, 6.45) is -1.36. The minimum absolute atomic E-state index is 0.453. The van der Waals surface area contributed by atoms with Crippen LogP contribution in [0.15, 0.2) is 18.2 Å². The van der Waals surface area contributed by atoms with E-state index in [9.17, 15) is 10.2 Å². The van der Waals surface area contributed by atoms with E-state index >= 15 is 0 Å². The lowest BCUT2D eigenvalue weighted by atomic mass is 10.1. The molecule has 1 aliphatic heterocycles. The van der Waals surface area contributed by atoms with Crippen molar-refractivity contribution in [3.8, 4) is 11.8 Å². The van der Waals surface area contributed by atoms with E-state index in [0.29, 0.717) is 30.9 Å². The first-order valence-electron chi connectivity index (χ1n) is 5.79. The molecule has 5 nitrogen and oxygen atoms in total. The van der Waals surface area contributed by atoms with Gasteiger partial charge in [0.2, 0.25) is 0 Å². The number of rotatable bonds is 3. The second kappa shape index (κ2) is 5.36. The number of likely N-dealkylation sites (tertiary alicyclic amines) is 1. The van der Waals surface area contributed by atoms with Gasteiger partial charge in [-0.3, -0.25) is 4.90 Å². The molecule has 5 heteroatoms. The van der Waals surface area contributed by atoms with Crippen molar-refractivity contribution in [1.29, 1.82) is 5.26 Å². The largest absolute Gasteiger partial charge is 0.495 e. The number of hydrogen-bond donors (Lipinski definition) is 2. The third-order valence-corrected chi connectivity index (χ3v) is 3.13. The molecule has 2 rings (SSSR count). The number of aliphatic hydroxyl groups is 2. The lowest BCUT2D eigenvalue weighted by Crippen LogP contribution is -2.22. The van der Waals surface area contributed by atoms with Crippen molar-refractivity contribution in [1.82, 2.24) is 4.90 Å². The van der Waals surface area contributed by atoms with Gasteiger partial charge in [-0.25, -0.2) is 0 Å². The molecular formula is C13H16N2O3. The summed E-state index contributed by atoms with van der Waals surface area (Å²) in [6, 6.07) is 7.51. The standard InChI is InChI=1S/C13H16N2O3/c1-18-13-3-2-9(4-10(13)5-14)6-15-7-11(16)12(17)8-15/h2-4,11-12,16-17H,6-8H2,1H3/t11-,12+. The molecule has 0 amide bonds. The maximum absolute atomic E-state index is 9.47. The Morgan fingerprint density at radius 1 is 1.39 bits per heavy atom. The molecule has 2 atom stereocenters. The molecule has 0 aliphatic carbocycles. The molecule has 0 spiro atoms. The van der Waals surface area contributed by atoms with Crippen molar-refractivity contribution in [2.75, 3.05) is 20.2 Å². The van der Waals surface area contributed by atoms with Crippen LogP contribution in [0, 0.1) is 11.3 Å². The molecule has 0 aromatic heterocycles. The van der Waals surface area contributed by atoms with Crippen molar-refractivity contribution in [2.24, 2.45) is 0 Å². The van der Waals surface area contributed by atoms with E-state index in [0.717, 1.165) is 5.56 Å². The van der Waals surface area contributed by atoms with Crippen LogP contribution in [-0.2, 0) is 6.54 Å². The van der Waals surface area contributed by atoms with Gasteiger partial charge in [0.15, 0.2) is 0 Å². The molecule has 18 heavy (non-hydrogen) atoms. The van der Waals surface area contributed by atoms with E-state index in [1.54, 1.807) is 12.1 Å². The van der Waals surface area contributed by atoms with Gasteiger partial charge >= 0.3 is 0 Å². The highest BCUT2D eigenvalue weighted by atomic mass is 16.5. The molecular weight excluding hydrogens is 232 g/mol. The first kappa shape index (κ1) is 12.8. The Morgan fingerprint density at radius 3 is 2.61 bits per heavy atom. The zero-order valence-corrected chi connectivity index (χ0v) is 10.2. The lowest BCUT2D eigenvalue weighted by molar-refractivity contribution is 0.0572. The van der Waals surface area contributed by atoms with Crippen molar-refractivity contribution in [3.63, 3.8) is 0 Å². The molecule has 1 saturated heterocycles. The van der Waals surface area contributed by atoms with Gasteiger partial charge in [0, 0.05) is 19.6 Å². The SMILES string of the molecule is COc1ccc(CN2C[C@@H](O)[C@@H](O)C2)cc1C#N. The summed E-state index contributed by atoms with van der Waals surface area (Å²) in [6.45, 7) is 1.51. The minimum Gasteiger partial charge on any atom is -0.495 e. The van der Waals surface area contributed by atoms with Crippen LogP contribution in [0.2, 0.25) is 0 Å². The van der Waals surface area contributed by atoms with Gasteiger partial charge in [0.1, 0.15) is 11.8 Å². The summed E-state index contributed by atoms with van der Waals surface area (Å²) < 4.78 is 5.08. The van der Waals surface area contributed by atoms with Gasteiger partial charge in [-0.1, -0.05) is 6.07 Å². The van der Waals surface area contributed by atoms with Crippen LogP contribution in [0.3, 0.4) is 0 Å². The highest BCUT2D eigenvalue weighted by Gasteiger charge is 2.29. The average molecular weight is 248 g/mol. The van der Waals surface area contributed by atoms with E-state index in [1.165, 1.54) is 7.11 Å². The topological polar surface area (TPSA) is 76.7 Å². The summed E-state index contributed by atoms with van der Waals surface area (Å²) in [5.41, 5.74) is 1.46. The summed E-state index contributed by atoms with van der Waals surface area (Å²) >= 11 is 0. The molecule has 1 heterocycles. The Hall–Kier alpha value is -1.61. The van der Waals surface area contributed by atoms with Crippen LogP contribution in [0.4, 0.5) is 0 Å². The predicted molar refractivity (Wildman–Crippen MR) is 65.0 cm³/mol. The van der Waals surface area contributed by atoms with E-state index in [1.807, 2.05) is 11.0 Å². The molecule has 0 saturated carbocycles. The van der Waals surface area contributed by atoms with Crippen LogP contribution in [0.1, 0.15) is 11.1 Å². The fourth-order valence-electron chi connectivity index (χ4n) is 2.18. The maximum atomic E-state index is 9.47. The van der Waals surface area contributed by atoms with Gasteiger partial charge in [-0.2, -0.15) is 5.26 Å². The number of methoxy groups -OCH3 is 1. The van der Waals surface area contributed by atoms with Crippen LogP contribution < -0.4 is 4.74 Å². The van der Waals surface area contributed by atoms with Crippen molar-refractivity contribution in [2.45, 2.75) is 18.8 Å². The first-order chi connectivity index (χ1) is 8.63. The van der Waals surface area contributed by atoms with Gasteiger partial charge in [0.05, 0.1) is 24.9 Å². The van der Waals surface area contributed by atoms with Crippen LogP contribution in [0.5, 0.6) is 5.75 Å². The van der Waals surface area contributed by atoms with E-state index in [-0.39, 0.29) is 0 Å². The number of benzene rings is 1. The zero-order valence-electron chi connectivity index (χ0n) is 10.2. The number of aliphatic hydroxyl groups excluding tert-OH is 2. The Labute approximate surface area is 106 Å². The molecule has 1 aliphatic rings. The Balaban J connectivity index is 2.09. The van der Waals surface area contributed by atoms with E-state index in [2.05, 4.69) is 6.07 Å². The van der Waals surface area contributed by atoms with Crippen molar-refractivity contribution in [3.05, 3.63) is 29.3 Å². The molecule has 1 aromatic carbocycles. The number of hydrogen-bond acceptors (Lipinski definition) is 5. The smallest absolute Gasteiger partial charge is 0.136 e. The number of β-amino-alcohol motifs (C(OH)–C–C–N with tert-alkyl or cyclic N) is 2. The summed E-state index contributed by atoms with van der Waals surface area (Å²) in [4.78, 5) is 1.96. The highest BCUT2D eigenvalue weighted by Crippen LogP contribution is 2.21. The highest BCUT2D eigenvalue weighted by molar-refractivity contribution is 5.45. The number of ether oxygens (including phenoxy) is 1.